The smallest absolute Gasteiger partial charge is 0.335 e. The molecule has 126 valence electrons. The summed E-state index contributed by atoms with van der Waals surface area (Å²) in [4.78, 5) is 22.8. The Morgan fingerprint density at radius 1 is 1.17 bits per heavy atom. The first-order valence-electron chi connectivity index (χ1n) is 7.85. The highest BCUT2D eigenvalue weighted by molar-refractivity contribution is 5.94. The van der Waals surface area contributed by atoms with Crippen molar-refractivity contribution in [3.8, 4) is 5.75 Å². The lowest BCUT2D eigenvalue weighted by Crippen LogP contribution is -2.20. The normalized spacial score (nSPS) is 11.6. The van der Waals surface area contributed by atoms with Gasteiger partial charge in [-0.05, 0) is 48.2 Å². The number of carboxylic acids is 1. The molecule has 5 heteroatoms. The molecule has 0 spiro atoms. The Hall–Kier alpha value is -2.82. The number of aromatic carboxylic acids is 1. The maximum absolute atomic E-state index is 11.9. The Morgan fingerprint density at radius 2 is 1.88 bits per heavy atom. The number of hydrogen-bond donors (Lipinski definition) is 2. The summed E-state index contributed by atoms with van der Waals surface area (Å²) >= 11 is 0. The molecule has 2 aromatic carbocycles. The summed E-state index contributed by atoms with van der Waals surface area (Å²) in [5.74, 6) is -0.271. The Kier molecular flexibility index (Phi) is 5.95. The molecule has 1 amide bonds. The van der Waals surface area contributed by atoms with E-state index in [1.54, 1.807) is 12.1 Å². The van der Waals surface area contributed by atoms with Gasteiger partial charge in [0, 0.05) is 5.69 Å². The van der Waals surface area contributed by atoms with Crippen molar-refractivity contribution in [3.63, 3.8) is 0 Å². The zero-order valence-electron chi connectivity index (χ0n) is 13.8. The van der Waals surface area contributed by atoms with Gasteiger partial charge in [0.2, 0.25) is 0 Å². The van der Waals surface area contributed by atoms with Crippen LogP contribution in [0, 0.1) is 0 Å². The standard InChI is InChI=1S/C19H21NO4/c1-3-13(2)14-7-9-17(10-8-14)24-12-18(21)20-16-6-4-5-15(11-16)19(22)23/h4-11,13H,3,12H2,1-2H3,(H,20,21)(H,22,23). The van der Waals surface area contributed by atoms with Crippen LogP contribution < -0.4 is 10.1 Å². The van der Waals surface area contributed by atoms with Crippen molar-refractivity contribution in [1.82, 2.24) is 0 Å². The second-order valence-electron chi connectivity index (χ2n) is 5.60. The van der Waals surface area contributed by atoms with Gasteiger partial charge in [0.25, 0.3) is 5.91 Å². The SMILES string of the molecule is CCC(C)c1ccc(OCC(=O)Nc2cccc(C(=O)O)c2)cc1. The minimum atomic E-state index is -1.04. The van der Waals surface area contributed by atoms with E-state index in [4.69, 9.17) is 9.84 Å². The number of ether oxygens (including phenoxy) is 1. The average Bonchev–Trinajstić information content (AvgIpc) is 2.60. The van der Waals surface area contributed by atoms with Crippen LogP contribution in [0.4, 0.5) is 5.69 Å². The second kappa shape index (κ2) is 8.15. The van der Waals surface area contributed by atoms with Crippen LogP contribution >= 0.6 is 0 Å². The largest absolute Gasteiger partial charge is 0.484 e. The number of carbonyl (C=O) groups excluding carboxylic acids is 1. The van der Waals surface area contributed by atoms with Crippen LogP contribution in [0.3, 0.4) is 0 Å². The van der Waals surface area contributed by atoms with E-state index in [-0.39, 0.29) is 18.1 Å². The number of carbonyl (C=O) groups is 2. The van der Waals surface area contributed by atoms with Crippen molar-refractivity contribution in [3.05, 3.63) is 59.7 Å². The minimum absolute atomic E-state index is 0.120. The summed E-state index contributed by atoms with van der Waals surface area (Å²) in [6, 6.07) is 13.8. The predicted molar refractivity (Wildman–Crippen MR) is 92.7 cm³/mol. The van der Waals surface area contributed by atoms with E-state index in [1.807, 2.05) is 24.3 Å². The van der Waals surface area contributed by atoms with Gasteiger partial charge in [0.05, 0.1) is 5.56 Å². The van der Waals surface area contributed by atoms with Gasteiger partial charge in [0.15, 0.2) is 6.61 Å². The molecular formula is C19H21NO4. The van der Waals surface area contributed by atoms with E-state index in [9.17, 15) is 9.59 Å². The zero-order valence-corrected chi connectivity index (χ0v) is 13.8. The highest BCUT2D eigenvalue weighted by Gasteiger charge is 2.08. The van der Waals surface area contributed by atoms with Gasteiger partial charge in [-0.25, -0.2) is 4.79 Å². The number of amides is 1. The van der Waals surface area contributed by atoms with Crippen molar-refractivity contribution in [2.45, 2.75) is 26.2 Å². The molecule has 24 heavy (non-hydrogen) atoms. The lowest BCUT2D eigenvalue weighted by atomic mass is 9.99. The molecule has 0 aromatic heterocycles. The summed E-state index contributed by atoms with van der Waals surface area (Å²) < 4.78 is 5.46. The van der Waals surface area contributed by atoms with Gasteiger partial charge < -0.3 is 15.2 Å². The summed E-state index contributed by atoms with van der Waals surface area (Å²) in [7, 11) is 0. The Bertz CT molecular complexity index is 710. The fourth-order valence-corrected chi connectivity index (χ4v) is 2.20. The average molecular weight is 327 g/mol. The molecule has 0 aliphatic carbocycles. The number of carboxylic acid groups (broad SMARTS) is 1. The lowest BCUT2D eigenvalue weighted by Gasteiger charge is -2.11. The third-order valence-electron chi connectivity index (χ3n) is 3.82. The molecule has 0 heterocycles. The van der Waals surface area contributed by atoms with Crippen LogP contribution in [0.1, 0.15) is 42.1 Å². The Morgan fingerprint density at radius 3 is 2.50 bits per heavy atom. The Balaban J connectivity index is 1.89. The predicted octanol–water partition coefficient (Wildman–Crippen LogP) is 3.92. The fourth-order valence-electron chi connectivity index (χ4n) is 2.20. The number of nitrogens with one attached hydrogen (secondary N) is 1. The molecule has 2 N–H and O–H groups in total. The third kappa shape index (κ3) is 4.84. The molecule has 2 rings (SSSR count). The maximum atomic E-state index is 11.9. The van der Waals surface area contributed by atoms with Gasteiger partial charge in [-0.2, -0.15) is 0 Å². The number of benzene rings is 2. The maximum Gasteiger partial charge on any atom is 0.335 e. The lowest BCUT2D eigenvalue weighted by molar-refractivity contribution is -0.118. The quantitative estimate of drug-likeness (QED) is 0.808. The molecule has 5 nitrogen and oxygen atoms in total. The summed E-state index contributed by atoms with van der Waals surface area (Å²) in [6.07, 6.45) is 1.07. The van der Waals surface area contributed by atoms with E-state index < -0.39 is 5.97 Å². The molecule has 0 bridgehead atoms. The first-order chi connectivity index (χ1) is 11.5. The van der Waals surface area contributed by atoms with E-state index in [1.165, 1.54) is 17.7 Å². The summed E-state index contributed by atoms with van der Waals surface area (Å²) in [6.45, 7) is 4.16. The Labute approximate surface area is 141 Å². The van der Waals surface area contributed by atoms with Gasteiger partial charge in [0.1, 0.15) is 5.75 Å². The molecule has 0 fully saturated rings. The van der Waals surface area contributed by atoms with Gasteiger partial charge >= 0.3 is 5.97 Å². The summed E-state index contributed by atoms with van der Waals surface area (Å²) in [5, 5.41) is 11.6. The van der Waals surface area contributed by atoms with Crippen molar-refractivity contribution < 1.29 is 19.4 Å². The number of anilines is 1. The second-order valence-corrected chi connectivity index (χ2v) is 5.60. The fraction of sp³-hybridized carbons (Fsp3) is 0.263. The highest BCUT2D eigenvalue weighted by Crippen LogP contribution is 2.21. The number of hydrogen-bond acceptors (Lipinski definition) is 3. The van der Waals surface area contributed by atoms with Crippen molar-refractivity contribution in [1.29, 1.82) is 0 Å². The number of rotatable bonds is 7. The van der Waals surface area contributed by atoms with E-state index >= 15 is 0 Å². The molecule has 2 aromatic rings. The van der Waals surface area contributed by atoms with E-state index in [0.717, 1.165) is 6.42 Å². The molecular weight excluding hydrogens is 306 g/mol. The molecule has 0 radical (unpaired) electrons. The van der Waals surface area contributed by atoms with Crippen LogP contribution in [0.25, 0.3) is 0 Å². The minimum Gasteiger partial charge on any atom is -0.484 e. The topological polar surface area (TPSA) is 75.6 Å². The van der Waals surface area contributed by atoms with Gasteiger partial charge in [-0.15, -0.1) is 0 Å². The molecule has 1 atom stereocenters. The van der Waals surface area contributed by atoms with Crippen LogP contribution in [0.2, 0.25) is 0 Å². The van der Waals surface area contributed by atoms with Crippen LogP contribution in [0.5, 0.6) is 5.75 Å². The first kappa shape index (κ1) is 17.5. The van der Waals surface area contributed by atoms with Crippen LogP contribution in [-0.4, -0.2) is 23.6 Å². The monoisotopic (exact) mass is 327 g/mol. The van der Waals surface area contributed by atoms with E-state index in [0.29, 0.717) is 17.4 Å². The van der Waals surface area contributed by atoms with Crippen molar-refractivity contribution in [2.75, 3.05) is 11.9 Å². The van der Waals surface area contributed by atoms with Gasteiger partial charge in [-0.1, -0.05) is 32.0 Å². The first-order valence-corrected chi connectivity index (χ1v) is 7.85. The van der Waals surface area contributed by atoms with Crippen molar-refractivity contribution in [2.24, 2.45) is 0 Å². The zero-order chi connectivity index (χ0) is 17.5. The molecule has 1 unspecified atom stereocenters. The molecule has 0 saturated heterocycles. The van der Waals surface area contributed by atoms with Crippen LogP contribution in [0.15, 0.2) is 48.5 Å². The molecule has 0 aliphatic rings. The highest BCUT2D eigenvalue weighted by atomic mass is 16.5. The van der Waals surface area contributed by atoms with Crippen molar-refractivity contribution >= 4 is 17.6 Å². The van der Waals surface area contributed by atoms with E-state index in [2.05, 4.69) is 19.2 Å². The third-order valence-corrected chi connectivity index (χ3v) is 3.82. The molecule has 0 saturated carbocycles. The summed E-state index contributed by atoms with van der Waals surface area (Å²) in [5.41, 5.74) is 1.78. The van der Waals surface area contributed by atoms with Gasteiger partial charge in [-0.3, -0.25) is 4.79 Å². The van der Waals surface area contributed by atoms with Crippen LogP contribution in [-0.2, 0) is 4.79 Å². The molecule has 0 aliphatic heterocycles.